The average Bonchev–Trinajstić information content (AvgIpc) is 2.98. The highest BCUT2D eigenvalue weighted by molar-refractivity contribution is 5.69. The monoisotopic (exact) mass is 612 g/mol. The molecule has 0 amide bonds. The highest BCUT2D eigenvalue weighted by Crippen LogP contribution is 2.45. The van der Waals surface area contributed by atoms with Gasteiger partial charge < -0.3 is 79.9 Å². The molecule has 3 aliphatic heterocycles. The molecular formula is C27H32O16. The molecule has 2 saturated heterocycles. The van der Waals surface area contributed by atoms with Crippen LogP contribution >= 0.6 is 0 Å². The number of fused-ring (bicyclic) bond motifs is 1. The Labute approximate surface area is 243 Å². The van der Waals surface area contributed by atoms with Gasteiger partial charge in [-0.15, -0.1) is 0 Å². The SMILES string of the molecule is OC[C@H]1O[C@H](OC2=Cc3c(O)cc(O)cc3OC2c2ccc(O[C@H]3O[C@H](CO)[C@H](O)[C@@H](O)[C@H]3O)c(O)c2)[C@H](O)[C@H](O)[C@H]1O. The van der Waals surface area contributed by atoms with Crippen molar-refractivity contribution in [3.05, 3.63) is 47.2 Å². The van der Waals surface area contributed by atoms with Gasteiger partial charge in [0.05, 0.1) is 18.8 Å². The van der Waals surface area contributed by atoms with E-state index in [4.69, 9.17) is 23.7 Å². The fourth-order valence-corrected chi connectivity index (χ4v) is 4.96. The molecule has 11 N–H and O–H groups in total. The van der Waals surface area contributed by atoms with Gasteiger partial charge in [-0.25, -0.2) is 0 Å². The Morgan fingerprint density at radius 1 is 0.651 bits per heavy atom. The minimum absolute atomic E-state index is 0.00443. The first kappa shape index (κ1) is 31.0. The Morgan fingerprint density at radius 3 is 1.79 bits per heavy atom. The van der Waals surface area contributed by atoms with Gasteiger partial charge in [-0.3, -0.25) is 0 Å². The number of hydrogen-bond acceptors (Lipinski definition) is 16. The molecule has 0 aromatic heterocycles. The quantitative estimate of drug-likeness (QED) is 0.152. The van der Waals surface area contributed by atoms with E-state index in [1.165, 1.54) is 30.3 Å². The summed E-state index contributed by atoms with van der Waals surface area (Å²) in [6.07, 6.45) is -15.9. The van der Waals surface area contributed by atoms with Crippen molar-refractivity contribution >= 4 is 6.08 Å². The van der Waals surface area contributed by atoms with E-state index < -0.39 is 92.2 Å². The average molecular weight is 613 g/mol. The lowest BCUT2D eigenvalue weighted by atomic mass is 9.98. The number of phenolic OH excluding ortho intramolecular Hbond substituents is 3. The van der Waals surface area contributed by atoms with Crippen molar-refractivity contribution < 1.29 is 79.9 Å². The molecule has 236 valence electrons. The molecule has 2 aromatic carbocycles. The van der Waals surface area contributed by atoms with Crippen molar-refractivity contribution in [3.63, 3.8) is 0 Å². The normalized spacial score (nSPS) is 35.8. The largest absolute Gasteiger partial charge is 0.508 e. The minimum Gasteiger partial charge on any atom is -0.508 e. The number of aromatic hydroxyl groups is 3. The Hall–Kier alpha value is -3.42. The van der Waals surface area contributed by atoms with E-state index in [0.29, 0.717) is 0 Å². The van der Waals surface area contributed by atoms with Gasteiger partial charge in [0.2, 0.25) is 12.6 Å². The summed E-state index contributed by atoms with van der Waals surface area (Å²) in [5, 5.41) is 111. The van der Waals surface area contributed by atoms with E-state index in [2.05, 4.69) is 0 Å². The maximum Gasteiger partial charge on any atom is 0.229 e. The van der Waals surface area contributed by atoms with Gasteiger partial charge in [-0.2, -0.15) is 0 Å². The van der Waals surface area contributed by atoms with Crippen LogP contribution in [0.4, 0.5) is 0 Å². The molecule has 0 spiro atoms. The van der Waals surface area contributed by atoms with Gasteiger partial charge in [0.25, 0.3) is 0 Å². The van der Waals surface area contributed by atoms with E-state index in [0.717, 1.165) is 6.07 Å². The van der Waals surface area contributed by atoms with Gasteiger partial charge in [0.15, 0.2) is 17.6 Å². The maximum absolute atomic E-state index is 10.8. The van der Waals surface area contributed by atoms with Crippen molar-refractivity contribution in [1.29, 1.82) is 0 Å². The van der Waals surface area contributed by atoms with E-state index >= 15 is 0 Å². The van der Waals surface area contributed by atoms with Crippen LogP contribution in [0.1, 0.15) is 17.2 Å². The molecule has 16 heteroatoms. The first-order valence-electron chi connectivity index (χ1n) is 13.1. The summed E-state index contributed by atoms with van der Waals surface area (Å²) in [5.74, 6) is -1.60. The number of phenols is 3. The molecule has 0 bridgehead atoms. The molecule has 2 aromatic rings. The number of aliphatic hydroxyl groups is 8. The molecular weight excluding hydrogens is 580 g/mol. The first-order chi connectivity index (χ1) is 20.4. The predicted molar refractivity (Wildman–Crippen MR) is 138 cm³/mol. The Kier molecular flexibility index (Phi) is 8.87. The highest BCUT2D eigenvalue weighted by atomic mass is 16.7. The molecule has 5 rings (SSSR count). The fourth-order valence-electron chi connectivity index (χ4n) is 4.96. The van der Waals surface area contributed by atoms with Crippen LogP contribution in [0.2, 0.25) is 0 Å². The summed E-state index contributed by atoms with van der Waals surface area (Å²) in [7, 11) is 0. The summed E-state index contributed by atoms with van der Waals surface area (Å²) < 4.78 is 28.0. The predicted octanol–water partition coefficient (Wildman–Crippen LogP) is -2.73. The number of aliphatic hydroxyl groups excluding tert-OH is 8. The van der Waals surface area contributed by atoms with Crippen molar-refractivity contribution in [2.45, 2.75) is 67.5 Å². The molecule has 0 saturated carbocycles. The number of hydrogen-bond donors (Lipinski definition) is 11. The van der Waals surface area contributed by atoms with Crippen molar-refractivity contribution in [2.24, 2.45) is 0 Å². The molecule has 11 atom stereocenters. The van der Waals surface area contributed by atoms with Crippen LogP contribution in [0.3, 0.4) is 0 Å². The van der Waals surface area contributed by atoms with E-state index in [1.54, 1.807) is 0 Å². The summed E-state index contributed by atoms with van der Waals surface area (Å²) in [5.41, 5.74) is 0.253. The topological polar surface area (TPSA) is 269 Å². The number of benzene rings is 2. The molecule has 2 fully saturated rings. The minimum atomic E-state index is -1.78. The third-order valence-electron chi connectivity index (χ3n) is 7.37. The second-order valence-electron chi connectivity index (χ2n) is 10.3. The molecule has 16 nitrogen and oxygen atoms in total. The first-order valence-corrected chi connectivity index (χ1v) is 13.1. The second kappa shape index (κ2) is 12.3. The van der Waals surface area contributed by atoms with E-state index in [9.17, 15) is 56.2 Å². The zero-order valence-electron chi connectivity index (χ0n) is 22.2. The third-order valence-corrected chi connectivity index (χ3v) is 7.37. The van der Waals surface area contributed by atoms with Crippen LogP contribution < -0.4 is 9.47 Å². The number of ether oxygens (including phenoxy) is 5. The fraction of sp³-hybridized carbons (Fsp3) is 0.481. The summed E-state index contributed by atoms with van der Waals surface area (Å²) in [6, 6.07) is 6.06. The zero-order chi connectivity index (χ0) is 31.2. The van der Waals surface area contributed by atoms with Gasteiger partial charge in [-0.1, -0.05) is 6.07 Å². The van der Waals surface area contributed by atoms with Crippen molar-refractivity contribution in [1.82, 2.24) is 0 Å². The van der Waals surface area contributed by atoms with E-state index in [1.807, 2.05) is 0 Å². The lowest BCUT2D eigenvalue weighted by molar-refractivity contribution is -0.293. The third kappa shape index (κ3) is 5.89. The maximum atomic E-state index is 10.8. The molecule has 0 aliphatic carbocycles. The molecule has 1 unspecified atom stereocenters. The van der Waals surface area contributed by atoms with E-state index in [-0.39, 0.29) is 34.1 Å². The van der Waals surface area contributed by atoms with Crippen LogP contribution in [0.15, 0.2) is 36.1 Å². The Morgan fingerprint density at radius 2 is 1.23 bits per heavy atom. The summed E-state index contributed by atoms with van der Waals surface area (Å²) in [6.45, 7) is -1.40. The van der Waals surface area contributed by atoms with Crippen LogP contribution in [0.5, 0.6) is 28.7 Å². The lowest BCUT2D eigenvalue weighted by Crippen LogP contribution is -2.60. The van der Waals surface area contributed by atoms with Gasteiger partial charge in [0, 0.05) is 17.7 Å². The lowest BCUT2D eigenvalue weighted by Gasteiger charge is -2.41. The van der Waals surface area contributed by atoms with Crippen LogP contribution in [0.25, 0.3) is 6.08 Å². The smallest absolute Gasteiger partial charge is 0.229 e. The van der Waals surface area contributed by atoms with Crippen molar-refractivity contribution in [2.75, 3.05) is 13.2 Å². The summed E-state index contributed by atoms with van der Waals surface area (Å²) in [4.78, 5) is 0. The summed E-state index contributed by atoms with van der Waals surface area (Å²) >= 11 is 0. The molecule has 3 heterocycles. The standard InChI is InChI=1S/C27H32O16/c28-7-17-19(33)21(35)23(37)26(42-17)40-14-2-1-9(3-13(14)32)25-16(6-11-12(31)4-10(30)5-15(11)39-25)41-27-24(38)22(36)20(34)18(8-29)43-27/h1-6,17-38H,7-8H2/t17-,18-,19+,20+,21-,22-,23-,24-,25?,26+,27+/m1/s1. The van der Waals surface area contributed by atoms with Crippen LogP contribution in [0, 0.1) is 0 Å². The Bertz CT molecular complexity index is 1330. The molecule has 3 aliphatic rings. The van der Waals surface area contributed by atoms with Gasteiger partial charge in [0.1, 0.15) is 71.8 Å². The molecule has 0 radical (unpaired) electrons. The van der Waals surface area contributed by atoms with Crippen molar-refractivity contribution in [3.8, 4) is 28.7 Å². The van der Waals surface area contributed by atoms with Crippen LogP contribution in [-0.4, -0.2) is 131 Å². The van der Waals surface area contributed by atoms with Gasteiger partial charge >= 0.3 is 0 Å². The van der Waals surface area contributed by atoms with Crippen LogP contribution in [-0.2, 0) is 14.2 Å². The molecule has 43 heavy (non-hydrogen) atoms. The second-order valence-corrected chi connectivity index (χ2v) is 10.3. The van der Waals surface area contributed by atoms with Gasteiger partial charge in [-0.05, 0) is 18.2 Å². The zero-order valence-corrected chi connectivity index (χ0v) is 22.2. The Balaban J connectivity index is 1.44. The number of rotatable bonds is 7. The highest BCUT2D eigenvalue weighted by Gasteiger charge is 2.47.